The Balaban J connectivity index is 0.982. The number of allylic oxidation sites excluding steroid dienone is 3. The Morgan fingerprint density at radius 3 is 2.29 bits per heavy atom. The number of nitriles is 1. The first-order valence-electron chi connectivity index (χ1n) is 17.6. The molecule has 0 amide bonds. The fraction of sp³-hybridized carbons (Fsp3) is 0.0638. The first kappa shape index (κ1) is 31.1. The Morgan fingerprint density at radius 2 is 1.50 bits per heavy atom. The minimum Gasteiger partial charge on any atom is -0.455 e. The van der Waals surface area contributed by atoms with Crippen LogP contribution in [0.4, 0.5) is 0 Å². The molecule has 0 bridgehead atoms. The number of para-hydroxylation sites is 1. The minimum atomic E-state index is -0.158. The van der Waals surface area contributed by atoms with Crippen molar-refractivity contribution < 1.29 is 4.42 Å². The van der Waals surface area contributed by atoms with Crippen molar-refractivity contribution in [2.24, 2.45) is 0 Å². The number of amidine groups is 1. The predicted octanol–water partition coefficient (Wildman–Crippen LogP) is 10.9. The summed E-state index contributed by atoms with van der Waals surface area (Å²) in [4.78, 5) is 0. The summed E-state index contributed by atoms with van der Waals surface area (Å²) in [6.45, 7) is 0. The van der Waals surface area contributed by atoms with Gasteiger partial charge in [-0.1, -0.05) is 121 Å². The van der Waals surface area contributed by atoms with Crippen molar-refractivity contribution >= 4 is 39.4 Å². The summed E-state index contributed by atoms with van der Waals surface area (Å²) in [6.07, 6.45) is 12.5. The van der Waals surface area contributed by atoms with Gasteiger partial charge in [0, 0.05) is 28.1 Å². The Labute approximate surface area is 302 Å². The number of benzene rings is 6. The summed E-state index contributed by atoms with van der Waals surface area (Å²) in [5, 5.41) is 26.8. The van der Waals surface area contributed by atoms with Gasteiger partial charge in [-0.25, -0.2) is 0 Å². The topological polar surface area (TPSA) is 84.8 Å². The number of hydrogen-bond acceptors (Lipinski definition) is 4. The molecule has 1 atom stereocenters. The van der Waals surface area contributed by atoms with E-state index < -0.39 is 0 Å². The third kappa shape index (κ3) is 5.67. The van der Waals surface area contributed by atoms with E-state index >= 15 is 0 Å². The lowest BCUT2D eigenvalue weighted by Gasteiger charge is -2.22. The monoisotopic (exact) mass is 670 g/mol. The molecule has 5 nitrogen and oxygen atoms in total. The van der Waals surface area contributed by atoms with E-state index in [1.807, 2.05) is 66.9 Å². The van der Waals surface area contributed by atoms with Crippen molar-refractivity contribution in [1.82, 2.24) is 10.6 Å². The number of rotatable bonds is 6. The van der Waals surface area contributed by atoms with Crippen LogP contribution in [0.5, 0.6) is 0 Å². The van der Waals surface area contributed by atoms with Gasteiger partial charge in [-0.3, -0.25) is 5.41 Å². The van der Waals surface area contributed by atoms with Crippen LogP contribution in [0, 0.1) is 16.7 Å². The molecule has 2 aliphatic rings. The largest absolute Gasteiger partial charge is 0.455 e. The number of fused-ring (bicyclic) bond motifs is 4. The second-order valence-electron chi connectivity index (χ2n) is 13.2. The molecule has 1 unspecified atom stereocenters. The van der Waals surface area contributed by atoms with E-state index in [2.05, 4.69) is 108 Å². The van der Waals surface area contributed by atoms with Gasteiger partial charge in [-0.2, -0.15) is 5.26 Å². The lowest BCUT2D eigenvalue weighted by Crippen LogP contribution is -2.42. The van der Waals surface area contributed by atoms with Crippen molar-refractivity contribution in [3.05, 3.63) is 180 Å². The van der Waals surface area contributed by atoms with Gasteiger partial charge in [-0.05, 0) is 93.3 Å². The fourth-order valence-electron chi connectivity index (χ4n) is 7.43. The molecule has 1 aromatic heterocycles. The molecule has 1 aliphatic heterocycles. The minimum absolute atomic E-state index is 0.158. The highest BCUT2D eigenvalue weighted by atomic mass is 16.3. The molecule has 0 fully saturated rings. The van der Waals surface area contributed by atoms with Gasteiger partial charge in [0.25, 0.3) is 0 Å². The standard InChI is InChI=1S/C47H34N4O/c48-28-30-13-15-33(16-14-30)39-11-6-12-42-43-27-35(21-25-44(43)52-46(39)42)38-24-23-37(40-9-4-5-10-41(38)40)32-17-19-34(20-18-32)47(49)51-45-26-22-36(29-50-45)31-7-2-1-3-8-31/h1-3,5-8,10-27,29,45,50H,4,9H2,(H2,49,51). The normalized spacial score (nSPS) is 14.8. The van der Waals surface area contributed by atoms with E-state index in [4.69, 9.17) is 9.83 Å². The Hall–Kier alpha value is -6.90. The van der Waals surface area contributed by atoms with E-state index in [0.717, 1.165) is 73.7 Å². The zero-order valence-electron chi connectivity index (χ0n) is 28.4. The second-order valence-corrected chi connectivity index (χ2v) is 13.2. The molecule has 1 aliphatic carbocycles. The molecule has 52 heavy (non-hydrogen) atoms. The first-order valence-corrected chi connectivity index (χ1v) is 17.6. The highest BCUT2D eigenvalue weighted by Gasteiger charge is 2.19. The number of dihydropyridines is 1. The van der Waals surface area contributed by atoms with Gasteiger partial charge in [-0.15, -0.1) is 0 Å². The average Bonchev–Trinajstić information content (AvgIpc) is 3.59. The Kier molecular flexibility index (Phi) is 7.83. The quantitative estimate of drug-likeness (QED) is 0.121. The molecule has 0 saturated carbocycles. The summed E-state index contributed by atoms with van der Waals surface area (Å²) < 4.78 is 6.46. The number of hydrogen-bond donors (Lipinski definition) is 3. The SMILES string of the molecule is N#Cc1ccc(-c2cccc3c2oc2ccc(-c4ccc(-c5ccc(C(=N)NC6C=CC(c7ccccc7)=CN6)cc5)c5c4C=CCC5)cc23)cc1. The zero-order valence-corrected chi connectivity index (χ0v) is 28.4. The molecule has 2 heterocycles. The lowest BCUT2D eigenvalue weighted by atomic mass is 9.84. The van der Waals surface area contributed by atoms with Crippen LogP contribution in [0.1, 0.15) is 34.2 Å². The van der Waals surface area contributed by atoms with Gasteiger partial charge in [0.05, 0.1) is 11.6 Å². The van der Waals surface area contributed by atoms with Crippen LogP contribution in [0.25, 0.3) is 67.0 Å². The molecule has 0 saturated heterocycles. The molecule has 6 aromatic carbocycles. The summed E-state index contributed by atoms with van der Waals surface area (Å²) in [6, 6.07) is 45.7. The second kappa shape index (κ2) is 13.1. The zero-order chi connectivity index (χ0) is 35.0. The van der Waals surface area contributed by atoms with Crippen LogP contribution < -0.4 is 10.6 Å². The van der Waals surface area contributed by atoms with Gasteiger partial charge in [0.1, 0.15) is 23.2 Å². The fourth-order valence-corrected chi connectivity index (χ4v) is 7.43. The molecule has 9 rings (SSSR count). The van der Waals surface area contributed by atoms with Gasteiger partial charge >= 0.3 is 0 Å². The van der Waals surface area contributed by atoms with Crippen LogP contribution in [-0.4, -0.2) is 12.0 Å². The third-order valence-corrected chi connectivity index (χ3v) is 10.1. The summed E-state index contributed by atoms with van der Waals surface area (Å²) >= 11 is 0. The molecule has 3 N–H and O–H groups in total. The van der Waals surface area contributed by atoms with Crippen molar-refractivity contribution in [3.63, 3.8) is 0 Å². The van der Waals surface area contributed by atoms with Crippen LogP contribution >= 0.6 is 0 Å². The maximum atomic E-state index is 9.25. The van der Waals surface area contributed by atoms with Crippen LogP contribution in [0.15, 0.2) is 156 Å². The average molecular weight is 671 g/mol. The first-order chi connectivity index (χ1) is 25.6. The van der Waals surface area contributed by atoms with Crippen molar-refractivity contribution in [2.75, 3.05) is 0 Å². The van der Waals surface area contributed by atoms with E-state index in [1.165, 1.54) is 22.3 Å². The van der Waals surface area contributed by atoms with Gasteiger partial charge in [0.15, 0.2) is 0 Å². The summed E-state index contributed by atoms with van der Waals surface area (Å²) in [5.74, 6) is 0.372. The smallest absolute Gasteiger partial charge is 0.143 e. The van der Waals surface area contributed by atoms with E-state index in [0.29, 0.717) is 11.4 Å². The van der Waals surface area contributed by atoms with E-state index in [9.17, 15) is 5.26 Å². The number of nitrogens with one attached hydrogen (secondary N) is 3. The Morgan fingerprint density at radius 1 is 0.731 bits per heavy atom. The third-order valence-electron chi connectivity index (χ3n) is 10.1. The molecular weight excluding hydrogens is 637 g/mol. The van der Waals surface area contributed by atoms with Gasteiger partial charge in [0.2, 0.25) is 0 Å². The number of nitrogens with zero attached hydrogens (tertiary/aromatic N) is 1. The van der Waals surface area contributed by atoms with Crippen LogP contribution in [0.3, 0.4) is 0 Å². The van der Waals surface area contributed by atoms with Gasteiger partial charge < -0.3 is 15.1 Å². The number of furan rings is 1. The molecular formula is C47H34N4O. The maximum absolute atomic E-state index is 9.25. The summed E-state index contributed by atoms with van der Waals surface area (Å²) in [5.41, 5.74) is 14.8. The lowest BCUT2D eigenvalue weighted by molar-refractivity contribution is 0.656. The van der Waals surface area contributed by atoms with Crippen molar-refractivity contribution in [1.29, 1.82) is 10.7 Å². The van der Waals surface area contributed by atoms with Crippen molar-refractivity contribution in [3.8, 4) is 39.4 Å². The van der Waals surface area contributed by atoms with Crippen molar-refractivity contribution in [2.45, 2.75) is 19.0 Å². The van der Waals surface area contributed by atoms with E-state index in [-0.39, 0.29) is 6.17 Å². The highest BCUT2D eigenvalue weighted by Crippen LogP contribution is 2.41. The molecule has 0 spiro atoms. The van der Waals surface area contributed by atoms with Crippen LogP contribution in [-0.2, 0) is 6.42 Å². The van der Waals surface area contributed by atoms with Crippen LogP contribution in [0.2, 0.25) is 0 Å². The molecule has 5 heteroatoms. The Bertz CT molecular complexity index is 2640. The molecule has 248 valence electrons. The summed E-state index contributed by atoms with van der Waals surface area (Å²) in [7, 11) is 0. The highest BCUT2D eigenvalue weighted by molar-refractivity contribution is 6.11. The van der Waals surface area contributed by atoms with E-state index in [1.54, 1.807) is 0 Å². The molecule has 7 aromatic rings. The maximum Gasteiger partial charge on any atom is 0.143 e. The predicted molar refractivity (Wildman–Crippen MR) is 213 cm³/mol. The molecule has 0 radical (unpaired) electrons.